The van der Waals surface area contributed by atoms with E-state index in [2.05, 4.69) is 22.5 Å². The summed E-state index contributed by atoms with van der Waals surface area (Å²) in [4.78, 5) is 15.7. The third-order valence-electron chi connectivity index (χ3n) is 2.62. The van der Waals surface area contributed by atoms with E-state index < -0.39 is 0 Å². The van der Waals surface area contributed by atoms with Gasteiger partial charge < -0.3 is 16.4 Å². The molecular weight excluding hydrogens is 228 g/mol. The van der Waals surface area contributed by atoms with Crippen molar-refractivity contribution in [3.63, 3.8) is 0 Å². The van der Waals surface area contributed by atoms with E-state index >= 15 is 0 Å². The molecule has 5 nitrogen and oxygen atoms in total. The van der Waals surface area contributed by atoms with Gasteiger partial charge in [-0.15, -0.1) is 0 Å². The van der Waals surface area contributed by atoms with Gasteiger partial charge in [0.2, 0.25) is 0 Å². The molecular formula is C13H22N4O. The maximum atomic E-state index is 11.7. The van der Waals surface area contributed by atoms with Crippen molar-refractivity contribution in [2.24, 2.45) is 5.73 Å². The molecule has 0 radical (unpaired) electrons. The summed E-state index contributed by atoms with van der Waals surface area (Å²) in [7, 11) is 0. The van der Waals surface area contributed by atoms with E-state index in [0.29, 0.717) is 18.8 Å². The molecule has 1 unspecified atom stereocenters. The molecule has 0 aliphatic rings. The molecule has 1 heterocycles. The van der Waals surface area contributed by atoms with E-state index in [-0.39, 0.29) is 11.9 Å². The number of nitrogens with two attached hydrogens (primary N) is 1. The van der Waals surface area contributed by atoms with Crippen LogP contribution in [0.2, 0.25) is 0 Å². The molecule has 0 aromatic carbocycles. The lowest BCUT2D eigenvalue weighted by Gasteiger charge is -2.17. The number of aromatic nitrogens is 1. The molecule has 0 fully saturated rings. The minimum atomic E-state index is -0.152. The van der Waals surface area contributed by atoms with Gasteiger partial charge in [-0.05, 0) is 25.5 Å². The highest BCUT2D eigenvalue weighted by Crippen LogP contribution is 2.11. The third kappa shape index (κ3) is 4.33. The van der Waals surface area contributed by atoms with E-state index in [9.17, 15) is 4.79 Å². The van der Waals surface area contributed by atoms with Gasteiger partial charge in [0.25, 0.3) is 5.91 Å². The number of anilines is 1. The number of carbonyl (C=O) groups is 1. The Labute approximate surface area is 108 Å². The number of nitrogens with zero attached hydrogens (tertiary/aromatic N) is 1. The average Bonchev–Trinajstić information content (AvgIpc) is 2.39. The molecule has 100 valence electrons. The number of hydrogen-bond acceptors (Lipinski definition) is 4. The fourth-order valence-corrected chi connectivity index (χ4v) is 1.73. The van der Waals surface area contributed by atoms with Crippen LogP contribution < -0.4 is 16.4 Å². The first-order chi connectivity index (χ1) is 8.71. The fourth-order valence-electron chi connectivity index (χ4n) is 1.73. The van der Waals surface area contributed by atoms with Gasteiger partial charge in [-0.3, -0.25) is 9.78 Å². The second-order valence-electron chi connectivity index (χ2n) is 4.15. The Kier molecular flexibility index (Phi) is 6.14. The summed E-state index contributed by atoms with van der Waals surface area (Å²) < 4.78 is 0. The second-order valence-corrected chi connectivity index (χ2v) is 4.15. The van der Waals surface area contributed by atoms with Crippen molar-refractivity contribution in [2.75, 3.05) is 18.4 Å². The van der Waals surface area contributed by atoms with Crippen LogP contribution in [0.25, 0.3) is 0 Å². The minimum absolute atomic E-state index is 0.152. The van der Waals surface area contributed by atoms with E-state index in [0.717, 1.165) is 18.5 Å². The van der Waals surface area contributed by atoms with Crippen LogP contribution in [0.1, 0.15) is 37.2 Å². The molecule has 1 aromatic heterocycles. The van der Waals surface area contributed by atoms with Gasteiger partial charge in [-0.25, -0.2) is 0 Å². The molecule has 5 heteroatoms. The normalized spacial score (nSPS) is 11.9. The lowest BCUT2D eigenvalue weighted by molar-refractivity contribution is 0.0951. The SMILES string of the molecule is CCCC(CN)Nc1ccnc(C(=O)NCC)c1. The van der Waals surface area contributed by atoms with Gasteiger partial charge >= 0.3 is 0 Å². The summed E-state index contributed by atoms with van der Waals surface area (Å²) >= 11 is 0. The number of carbonyl (C=O) groups excluding carboxylic acids is 1. The Balaban J connectivity index is 2.72. The molecule has 1 rings (SSSR count). The van der Waals surface area contributed by atoms with E-state index in [1.54, 1.807) is 12.3 Å². The maximum absolute atomic E-state index is 11.7. The van der Waals surface area contributed by atoms with Crippen LogP contribution in [0.3, 0.4) is 0 Å². The zero-order chi connectivity index (χ0) is 13.4. The van der Waals surface area contributed by atoms with E-state index in [4.69, 9.17) is 5.73 Å². The number of nitrogens with one attached hydrogen (secondary N) is 2. The molecule has 1 atom stereocenters. The summed E-state index contributed by atoms with van der Waals surface area (Å²) in [6, 6.07) is 3.84. The lowest BCUT2D eigenvalue weighted by atomic mass is 10.1. The highest BCUT2D eigenvalue weighted by molar-refractivity contribution is 5.93. The Hall–Kier alpha value is -1.62. The van der Waals surface area contributed by atoms with Crippen molar-refractivity contribution in [3.05, 3.63) is 24.0 Å². The van der Waals surface area contributed by atoms with Crippen molar-refractivity contribution >= 4 is 11.6 Å². The Morgan fingerprint density at radius 2 is 2.28 bits per heavy atom. The molecule has 4 N–H and O–H groups in total. The summed E-state index contributed by atoms with van der Waals surface area (Å²) in [5, 5.41) is 6.05. The Morgan fingerprint density at radius 3 is 2.89 bits per heavy atom. The zero-order valence-corrected chi connectivity index (χ0v) is 11.1. The van der Waals surface area contributed by atoms with Crippen molar-refractivity contribution in [2.45, 2.75) is 32.7 Å². The predicted molar refractivity (Wildman–Crippen MR) is 73.6 cm³/mol. The summed E-state index contributed by atoms with van der Waals surface area (Å²) in [6.07, 6.45) is 3.71. The van der Waals surface area contributed by atoms with Gasteiger partial charge in [0.1, 0.15) is 5.69 Å². The number of rotatable bonds is 7. The molecule has 0 aliphatic heterocycles. The van der Waals surface area contributed by atoms with Gasteiger partial charge in [0.05, 0.1) is 0 Å². The summed E-state index contributed by atoms with van der Waals surface area (Å²) in [6.45, 7) is 5.18. The third-order valence-corrected chi connectivity index (χ3v) is 2.62. The van der Waals surface area contributed by atoms with E-state index in [1.807, 2.05) is 13.0 Å². The fraction of sp³-hybridized carbons (Fsp3) is 0.538. The van der Waals surface area contributed by atoms with Crippen molar-refractivity contribution in [1.29, 1.82) is 0 Å². The smallest absolute Gasteiger partial charge is 0.269 e. The van der Waals surface area contributed by atoms with Gasteiger partial charge in [-0.1, -0.05) is 13.3 Å². The molecule has 1 aromatic rings. The molecule has 0 saturated carbocycles. The average molecular weight is 250 g/mol. The number of hydrogen-bond donors (Lipinski definition) is 3. The summed E-state index contributed by atoms with van der Waals surface area (Å²) in [5.41, 5.74) is 7.00. The van der Waals surface area contributed by atoms with Crippen LogP contribution >= 0.6 is 0 Å². The monoisotopic (exact) mass is 250 g/mol. The Morgan fingerprint density at radius 1 is 1.50 bits per heavy atom. The minimum Gasteiger partial charge on any atom is -0.381 e. The first-order valence-electron chi connectivity index (χ1n) is 6.42. The highest BCUT2D eigenvalue weighted by atomic mass is 16.1. The summed E-state index contributed by atoms with van der Waals surface area (Å²) in [5.74, 6) is -0.152. The van der Waals surface area contributed by atoms with Gasteiger partial charge in [0.15, 0.2) is 0 Å². The van der Waals surface area contributed by atoms with Crippen LogP contribution in [-0.2, 0) is 0 Å². The molecule has 0 saturated heterocycles. The second kappa shape index (κ2) is 7.66. The van der Waals surface area contributed by atoms with Crippen LogP contribution in [0.4, 0.5) is 5.69 Å². The molecule has 0 spiro atoms. The quantitative estimate of drug-likeness (QED) is 0.683. The molecule has 18 heavy (non-hydrogen) atoms. The van der Waals surface area contributed by atoms with Crippen molar-refractivity contribution in [3.8, 4) is 0 Å². The standard InChI is InChI=1S/C13H22N4O/c1-3-5-11(9-14)17-10-6-7-16-12(8-10)13(18)15-4-2/h6-8,11H,3-5,9,14H2,1-2H3,(H,15,18)(H,16,17). The lowest BCUT2D eigenvalue weighted by Crippen LogP contribution is -2.29. The maximum Gasteiger partial charge on any atom is 0.269 e. The van der Waals surface area contributed by atoms with Crippen LogP contribution in [0.5, 0.6) is 0 Å². The molecule has 1 amide bonds. The number of amides is 1. The largest absolute Gasteiger partial charge is 0.381 e. The van der Waals surface area contributed by atoms with Crippen LogP contribution in [-0.4, -0.2) is 30.0 Å². The first kappa shape index (κ1) is 14.4. The zero-order valence-electron chi connectivity index (χ0n) is 11.1. The topological polar surface area (TPSA) is 80.0 Å². The predicted octanol–water partition coefficient (Wildman–Crippen LogP) is 1.37. The van der Waals surface area contributed by atoms with Crippen LogP contribution in [0.15, 0.2) is 18.3 Å². The van der Waals surface area contributed by atoms with Crippen molar-refractivity contribution in [1.82, 2.24) is 10.3 Å². The Bertz CT molecular complexity index is 381. The van der Waals surface area contributed by atoms with Gasteiger partial charge in [-0.2, -0.15) is 0 Å². The van der Waals surface area contributed by atoms with Crippen molar-refractivity contribution < 1.29 is 4.79 Å². The number of pyridine rings is 1. The first-order valence-corrected chi connectivity index (χ1v) is 6.42. The van der Waals surface area contributed by atoms with Gasteiger partial charge in [0, 0.05) is 31.0 Å². The highest BCUT2D eigenvalue weighted by Gasteiger charge is 2.09. The van der Waals surface area contributed by atoms with Crippen LogP contribution in [0, 0.1) is 0 Å². The molecule has 0 aliphatic carbocycles. The van der Waals surface area contributed by atoms with E-state index in [1.165, 1.54) is 0 Å². The molecule has 0 bridgehead atoms.